The Morgan fingerprint density at radius 2 is 1.96 bits per heavy atom. The Morgan fingerprint density at radius 1 is 1.26 bits per heavy atom. The molecule has 23 heavy (non-hydrogen) atoms. The number of benzene rings is 1. The molecule has 0 fully saturated rings. The van der Waals surface area contributed by atoms with Gasteiger partial charge in [0.25, 0.3) is 0 Å². The fraction of sp³-hybridized carbons (Fsp3) is 0.143. The normalized spacial score (nSPS) is 11.2. The van der Waals surface area contributed by atoms with Crippen LogP contribution in [-0.4, -0.2) is 10.9 Å². The van der Waals surface area contributed by atoms with E-state index in [1.54, 1.807) is 0 Å². The van der Waals surface area contributed by atoms with Crippen molar-refractivity contribution in [3.05, 3.63) is 58.3 Å². The number of alkyl halides is 3. The number of hydrogen-bond acceptors (Lipinski definition) is 4. The number of nitrogens with one attached hydrogen (secondary N) is 1. The number of carbonyl (C=O) groups excluding carboxylic acids is 1. The number of nitrogens with zero attached hydrogens (tertiary/aromatic N) is 1. The summed E-state index contributed by atoms with van der Waals surface area (Å²) in [6.07, 6.45) is -4.17. The molecule has 2 aromatic rings. The van der Waals surface area contributed by atoms with Crippen LogP contribution in [0.25, 0.3) is 0 Å². The zero-order chi connectivity index (χ0) is 17.2. The number of pyridine rings is 1. The van der Waals surface area contributed by atoms with E-state index in [0.717, 1.165) is 17.6 Å². The minimum atomic E-state index is -4.76. The highest BCUT2D eigenvalue weighted by Gasteiger charge is 2.34. The van der Waals surface area contributed by atoms with Gasteiger partial charge < -0.3 is 15.4 Å². The average molecular weight is 329 g/mol. The Labute approximate surface area is 127 Å². The van der Waals surface area contributed by atoms with E-state index in [0.29, 0.717) is 17.8 Å². The van der Waals surface area contributed by atoms with E-state index in [9.17, 15) is 27.6 Å². The first-order chi connectivity index (χ1) is 10.7. The molecule has 1 N–H and O–H groups in total. The first-order valence-corrected chi connectivity index (χ1v) is 6.16. The Bertz CT molecular complexity index is 747. The lowest BCUT2D eigenvalue weighted by Crippen LogP contribution is -2.18. The maximum absolute atomic E-state index is 13.0. The first-order valence-electron chi connectivity index (χ1n) is 6.16. The molecule has 9 heteroatoms. The molecule has 122 valence electrons. The monoisotopic (exact) mass is 329 g/mol. The lowest BCUT2D eigenvalue weighted by atomic mass is 10.2. The molecule has 0 aliphatic rings. The molecule has 1 aromatic carbocycles. The fourth-order valence-electron chi connectivity index (χ4n) is 1.75. The molecule has 5 nitrogen and oxygen atoms in total. The highest BCUT2D eigenvalue weighted by Crippen LogP contribution is 2.34. The van der Waals surface area contributed by atoms with Gasteiger partial charge >= 0.3 is 6.18 Å². The molecule has 0 unspecified atom stereocenters. The summed E-state index contributed by atoms with van der Waals surface area (Å²) in [5.74, 6) is -2.25. The van der Waals surface area contributed by atoms with Crippen LogP contribution in [0, 0.1) is 17.9 Å². The third-order valence-electron chi connectivity index (χ3n) is 2.85. The molecular weight excluding hydrogens is 320 g/mol. The van der Waals surface area contributed by atoms with Crippen LogP contribution >= 0.6 is 0 Å². The number of hydroxylamine groups is 1. The Morgan fingerprint density at radius 3 is 2.52 bits per heavy atom. The summed E-state index contributed by atoms with van der Waals surface area (Å²) in [6, 6.07) is 3.83. The van der Waals surface area contributed by atoms with Crippen molar-refractivity contribution in [3.8, 4) is 11.5 Å². The Kier molecular flexibility index (Phi) is 4.50. The van der Waals surface area contributed by atoms with Gasteiger partial charge in [-0.05, 0) is 30.7 Å². The maximum Gasteiger partial charge on any atom is 0.433 e. The zero-order valence-electron chi connectivity index (χ0n) is 11.6. The minimum absolute atomic E-state index is 0.0330. The minimum Gasteiger partial charge on any atom is -0.759 e. The van der Waals surface area contributed by atoms with Crippen LogP contribution in [-0.2, 0) is 6.18 Å². The fourth-order valence-corrected chi connectivity index (χ4v) is 1.75. The van der Waals surface area contributed by atoms with Crippen LogP contribution in [0.4, 0.5) is 17.6 Å². The molecular formula is C14H9F4N2O3-. The molecule has 2 rings (SSSR count). The van der Waals surface area contributed by atoms with Crippen LogP contribution in [0.5, 0.6) is 11.5 Å². The number of amides is 1. The van der Waals surface area contributed by atoms with E-state index < -0.39 is 34.9 Å². The maximum atomic E-state index is 13.0. The number of ether oxygens (including phenoxy) is 1. The van der Waals surface area contributed by atoms with E-state index >= 15 is 0 Å². The summed E-state index contributed by atoms with van der Waals surface area (Å²) >= 11 is 0. The molecule has 0 spiro atoms. The first kappa shape index (κ1) is 16.7. The number of aryl methyl sites for hydroxylation is 1. The van der Waals surface area contributed by atoms with Crippen molar-refractivity contribution >= 4 is 5.91 Å². The van der Waals surface area contributed by atoms with Crippen molar-refractivity contribution in [3.63, 3.8) is 0 Å². The van der Waals surface area contributed by atoms with Crippen LogP contribution in [0.1, 0.15) is 21.6 Å². The van der Waals surface area contributed by atoms with Gasteiger partial charge in [-0.2, -0.15) is 13.2 Å². The second-order valence-corrected chi connectivity index (χ2v) is 4.51. The molecule has 0 radical (unpaired) electrons. The van der Waals surface area contributed by atoms with Gasteiger partial charge in [0.1, 0.15) is 23.0 Å². The van der Waals surface area contributed by atoms with Gasteiger partial charge in [0.05, 0.1) is 5.56 Å². The highest BCUT2D eigenvalue weighted by molar-refractivity contribution is 5.97. The number of rotatable bonds is 3. The van der Waals surface area contributed by atoms with E-state index in [-0.39, 0.29) is 5.75 Å². The van der Waals surface area contributed by atoms with Crippen LogP contribution < -0.4 is 10.2 Å². The third-order valence-corrected chi connectivity index (χ3v) is 2.85. The summed E-state index contributed by atoms with van der Waals surface area (Å²) in [5, 5.41) is 10.5. The summed E-state index contributed by atoms with van der Waals surface area (Å²) < 4.78 is 56.5. The van der Waals surface area contributed by atoms with Gasteiger partial charge in [-0.3, -0.25) is 9.78 Å². The van der Waals surface area contributed by atoms with Gasteiger partial charge in [-0.25, -0.2) is 4.39 Å². The summed E-state index contributed by atoms with van der Waals surface area (Å²) in [7, 11) is 0. The third kappa shape index (κ3) is 3.75. The number of hydrogen-bond donors (Lipinski definition) is 1. The molecule has 0 atom stereocenters. The van der Waals surface area contributed by atoms with Crippen LogP contribution in [0.15, 0.2) is 30.5 Å². The molecule has 0 aliphatic heterocycles. The number of aromatic nitrogens is 1. The van der Waals surface area contributed by atoms with E-state index in [1.165, 1.54) is 13.0 Å². The molecule has 0 saturated heterocycles. The quantitative estimate of drug-likeness (QED) is 0.690. The van der Waals surface area contributed by atoms with Crippen molar-refractivity contribution in [2.45, 2.75) is 13.1 Å². The molecule has 1 amide bonds. The van der Waals surface area contributed by atoms with Gasteiger partial charge in [0.2, 0.25) is 5.91 Å². The molecule has 0 aliphatic carbocycles. The lowest BCUT2D eigenvalue weighted by molar-refractivity contribution is -0.141. The topological polar surface area (TPSA) is 74.3 Å². The van der Waals surface area contributed by atoms with Crippen molar-refractivity contribution < 1.29 is 27.1 Å². The average Bonchev–Trinajstić information content (AvgIpc) is 2.48. The van der Waals surface area contributed by atoms with Crippen molar-refractivity contribution in [2.75, 3.05) is 0 Å². The second-order valence-electron chi connectivity index (χ2n) is 4.51. The predicted molar refractivity (Wildman–Crippen MR) is 71.3 cm³/mol. The molecule has 1 heterocycles. The van der Waals surface area contributed by atoms with Gasteiger partial charge in [-0.1, -0.05) is 0 Å². The Balaban J connectivity index is 2.50. The highest BCUT2D eigenvalue weighted by atomic mass is 19.4. The zero-order valence-corrected chi connectivity index (χ0v) is 11.6. The van der Waals surface area contributed by atoms with E-state index in [1.807, 2.05) is 0 Å². The SMILES string of the molecule is Cc1cc(F)ccc1Oc1cc(C(F)(F)F)ncc1C(=O)N[O-]. The van der Waals surface area contributed by atoms with Crippen molar-refractivity contribution in [1.82, 2.24) is 10.5 Å². The number of carbonyl (C=O) groups is 1. The van der Waals surface area contributed by atoms with Gasteiger partial charge in [0.15, 0.2) is 0 Å². The summed E-state index contributed by atoms with van der Waals surface area (Å²) in [5.41, 5.74) is -0.437. The lowest BCUT2D eigenvalue weighted by Gasteiger charge is -2.16. The second kappa shape index (κ2) is 6.21. The van der Waals surface area contributed by atoms with Crippen LogP contribution in [0.3, 0.4) is 0 Å². The van der Waals surface area contributed by atoms with Crippen LogP contribution in [0.2, 0.25) is 0 Å². The predicted octanol–water partition coefficient (Wildman–Crippen LogP) is 3.57. The smallest absolute Gasteiger partial charge is 0.433 e. The van der Waals surface area contributed by atoms with E-state index in [4.69, 9.17) is 4.74 Å². The Hall–Kier alpha value is -2.68. The molecule has 1 aromatic heterocycles. The van der Waals surface area contributed by atoms with E-state index in [2.05, 4.69) is 4.98 Å². The van der Waals surface area contributed by atoms with Gasteiger partial charge in [-0.15, -0.1) is 0 Å². The summed E-state index contributed by atoms with van der Waals surface area (Å²) in [6.45, 7) is 1.47. The van der Waals surface area contributed by atoms with Crippen molar-refractivity contribution in [1.29, 1.82) is 0 Å². The van der Waals surface area contributed by atoms with Crippen molar-refractivity contribution in [2.24, 2.45) is 0 Å². The largest absolute Gasteiger partial charge is 0.759 e. The summed E-state index contributed by atoms with van der Waals surface area (Å²) in [4.78, 5) is 14.5. The standard InChI is InChI=1S/C14H9F4N2O3/c1-7-4-8(15)2-3-10(7)23-11-5-12(14(16,17)18)19-6-9(11)13(21)20-22/h2-6H,1H3,(H-,20,21,22)/q-1. The number of halogens is 4. The molecule has 0 saturated carbocycles. The molecule has 0 bridgehead atoms. The van der Waals surface area contributed by atoms with Gasteiger partial charge in [0, 0.05) is 12.3 Å².